The molecule has 0 aromatic heterocycles. The summed E-state index contributed by atoms with van der Waals surface area (Å²) in [7, 11) is 0. The van der Waals surface area contributed by atoms with Gasteiger partial charge in [-0.15, -0.1) is 0 Å². The Morgan fingerprint density at radius 1 is 1.24 bits per heavy atom. The van der Waals surface area contributed by atoms with Crippen molar-refractivity contribution in [3.63, 3.8) is 0 Å². The van der Waals surface area contributed by atoms with E-state index in [4.69, 9.17) is 0 Å². The Kier molecular flexibility index (Phi) is 7.82. The van der Waals surface area contributed by atoms with Crippen LogP contribution in [-0.4, -0.2) is 46.8 Å². The van der Waals surface area contributed by atoms with E-state index < -0.39 is 5.54 Å². The molecule has 0 saturated heterocycles. The lowest BCUT2D eigenvalue weighted by Crippen LogP contribution is -2.46. The molecule has 6 nitrogen and oxygen atoms in total. The summed E-state index contributed by atoms with van der Waals surface area (Å²) in [6.45, 7) is 8.02. The highest BCUT2D eigenvalue weighted by molar-refractivity contribution is 5.94. The van der Waals surface area contributed by atoms with Crippen molar-refractivity contribution >= 4 is 17.8 Å². The number of hydrogen-bond donors (Lipinski definition) is 3. The summed E-state index contributed by atoms with van der Waals surface area (Å²) >= 11 is 0. The number of dihydropyridines is 1. The van der Waals surface area contributed by atoms with Gasteiger partial charge in [0.2, 0.25) is 0 Å². The number of benzene rings is 2. The molecule has 2 aromatic rings. The van der Waals surface area contributed by atoms with E-state index in [-0.39, 0.29) is 24.3 Å². The molecule has 1 amide bonds. The first-order valence-electron chi connectivity index (χ1n) is 11.2. The van der Waals surface area contributed by atoms with Gasteiger partial charge >= 0.3 is 0 Å². The standard InChI is InChI=1S/C27H33N3O3/c1-18-7-5-9-23(22-8-6-14-28-16-22)25(18)24(15-19(2)30-33)20-10-12-21(13-11-20)26(32)29-27(3,4)17-31/h5-14,22,24,31,33H,15-17H2,1-4H3,(H,29,32)/b30-19+. The van der Waals surface area contributed by atoms with Gasteiger partial charge in [0, 0.05) is 30.2 Å². The number of allylic oxidation sites excluding steroid dienone is 1. The Balaban J connectivity index is 2.01. The maximum atomic E-state index is 12.6. The van der Waals surface area contributed by atoms with Crippen LogP contribution in [0.1, 0.15) is 71.6 Å². The molecule has 0 spiro atoms. The van der Waals surface area contributed by atoms with E-state index >= 15 is 0 Å². The second kappa shape index (κ2) is 10.6. The molecule has 174 valence electrons. The van der Waals surface area contributed by atoms with E-state index in [9.17, 15) is 15.1 Å². The summed E-state index contributed by atoms with van der Waals surface area (Å²) in [6.07, 6.45) is 6.54. The number of nitrogens with one attached hydrogen (secondary N) is 1. The second-order valence-corrected chi connectivity index (χ2v) is 9.29. The number of rotatable bonds is 8. The fourth-order valence-corrected chi connectivity index (χ4v) is 4.19. The van der Waals surface area contributed by atoms with Crippen LogP contribution in [0.5, 0.6) is 0 Å². The van der Waals surface area contributed by atoms with Gasteiger partial charge in [0.1, 0.15) is 0 Å². The van der Waals surface area contributed by atoms with Crippen molar-refractivity contribution in [3.8, 4) is 0 Å². The van der Waals surface area contributed by atoms with Gasteiger partial charge in [-0.2, -0.15) is 0 Å². The van der Waals surface area contributed by atoms with Crippen LogP contribution < -0.4 is 5.32 Å². The van der Waals surface area contributed by atoms with Gasteiger partial charge in [-0.25, -0.2) is 0 Å². The van der Waals surface area contributed by atoms with Crippen molar-refractivity contribution in [3.05, 3.63) is 82.4 Å². The molecule has 0 fully saturated rings. The quantitative estimate of drug-likeness (QED) is 0.314. The number of oxime groups is 1. The predicted molar refractivity (Wildman–Crippen MR) is 133 cm³/mol. The number of aliphatic hydroxyl groups excluding tert-OH is 1. The highest BCUT2D eigenvalue weighted by Gasteiger charge is 2.25. The molecule has 6 heteroatoms. The summed E-state index contributed by atoms with van der Waals surface area (Å²) in [5.41, 5.74) is 5.08. The van der Waals surface area contributed by atoms with Crippen molar-refractivity contribution < 1.29 is 15.1 Å². The highest BCUT2D eigenvalue weighted by atomic mass is 16.4. The molecule has 1 aliphatic heterocycles. The van der Waals surface area contributed by atoms with Crippen LogP contribution in [0.2, 0.25) is 0 Å². The number of nitrogens with zero attached hydrogens (tertiary/aromatic N) is 2. The van der Waals surface area contributed by atoms with Gasteiger partial charge in [-0.05, 0) is 74.6 Å². The lowest BCUT2D eigenvalue weighted by molar-refractivity contribution is 0.0869. The maximum Gasteiger partial charge on any atom is 0.251 e. The minimum Gasteiger partial charge on any atom is -0.411 e. The van der Waals surface area contributed by atoms with Crippen LogP contribution in [0.4, 0.5) is 0 Å². The monoisotopic (exact) mass is 447 g/mol. The van der Waals surface area contributed by atoms with Gasteiger partial charge in [0.25, 0.3) is 5.91 Å². The Labute approximate surface area is 195 Å². The number of amides is 1. The van der Waals surface area contributed by atoms with Crippen LogP contribution in [0.25, 0.3) is 0 Å². The number of aryl methyl sites for hydroxylation is 1. The molecule has 1 heterocycles. The van der Waals surface area contributed by atoms with Crippen molar-refractivity contribution in [2.24, 2.45) is 10.1 Å². The molecule has 2 unspecified atom stereocenters. The first-order valence-corrected chi connectivity index (χ1v) is 11.2. The van der Waals surface area contributed by atoms with Crippen LogP contribution >= 0.6 is 0 Å². The molecular formula is C27H33N3O3. The number of carbonyl (C=O) groups is 1. The fourth-order valence-electron chi connectivity index (χ4n) is 4.19. The van der Waals surface area contributed by atoms with Gasteiger partial charge < -0.3 is 15.6 Å². The van der Waals surface area contributed by atoms with Crippen molar-refractivity contribution in [1.82, 2.24) is 5.32 Å². The van der Waals surface area contributed by atoms with Crippen molar-refractivity contribution in [1.29, 1.82) is 0 Å². The Bertz CT molecular complexity index is 1070. The molecule has 2 atom stereocenters. The van der Waals surface area contributed by atoms with E-state index in [1.807, 2.05) is 31.3 Å². The summed E-state index contributed by atoms with van der Waals surface area (Å²) in [5.74, 6) is -0.0843. The second-order valence-electron chi connectivity index (χ2n) is 9.29. The molecule has 0 radical (unpaired) electrons. The molecule has 0 bridgehead atoms. The molecule has 2 aromatic carbocycles. The molecule has 1 aliphatic rings. The zero-order chi connectivity index (χ0) is 24.0. The predicted octanol–water partition coefficient (Wildman–Crippen LogP) is 4.59. The van der Waals surface area contributed by atoms with E-state index in [2.05, 4.69) is 46.7 Å². The van der Waals surface area contributed by atoms with E-state index in [0.717, 1.165) is 11.1 Å². The average Bonchev–Trinajstić information content (AvgIpc) is 2.83. The molecule has 0 aliphatic carbocycles. The lowest BCUT2D eigenvalue weighted by Gasteiger charge is -2.27. The van der Waals surface area contributed by atoms with Gasteiger partial charge in [-0.1, -0.05) is 41.6 Å². The molecule has 3 N–H and O–H groups in total. The van der Waals surface area contributed by atoms with E-state index in [0.29, 0.717) is 24.2 Å². The third-order valence-corrected chi connectivity index (χ3v) is 6.04. The minimum absolute atomic E-state index is 0.0394. The van der Waals surface area contributed by atoms with Gasteiger partial charge in [0.05, 0.1) is 17.9 Å². The fraction of sp³-hybridized carbons (Fsp3) is 0.370. The minimum atomic E-state index is -0.695. The average molecular weight is 448 g/mol. The normalized spacial score (nSPS) is 17.1. The summed E-state index contributed by atoms with van der Waals surface area (Å²) in [4.78, 5) is 17.1. The van der Waals surface area contributed by atoms with Gasteiger partial charge in [-0.3, -0.25) is 9.79 Å². The summed E-state index contributed by atoms with van der Waals surface area (Å²) < 4.78 is 0. The van der Waals surface area contributed by atoms with Crippen LogP contribution in [0, 0.1) is 6.92 Å². The van der Waals surface area contributed by atoms with Gasteiger partial charge in [0.15, 0.2) is 0 Å². The Morgan fingerprint density at radius 3 is 2.58 bits per heavy atom. The molecule has 33 heavy (non-hydrogen) atoms. The van der Waals surface area contributed by atoms with Crippen LogP contribution in [-0.2, 0) is 0 Å². The highest BCUT2D eigenvalue weighted by Crippen LogP contribution is 2.37. The lowest BCUT2D eigenvalue weighted by atomic mass is 9.78. The zero-order valence-electron chi connectivity index (χ0n) is 19.7. The van der Waals surface area contributed by atoms with Crippen molar-refractivity contribution in [2.45, 2.75) is 51.5 Å². The first-order chi connectivity index (χ1) is 15.8. The number of carbonyl (C=O) groups excluding carboxylic acids is 1. The third kappa shape index (κ3) is 5.96. The van der Waals surface area contributed by atoms with Crippen LogP contribution in [0.3, 0.4) is 0 Å². The summed E-state index contributed by atoms with van der Waals surface area (Å²) in [5, 5.41) is 25.1. The third-order valence-electron chi connectivity index (χ3n) is 6.04. The maximum absolute atomic E-state index is 12.6. The number of aliphatic hydroxyl groups is 1. The molecule has 3 rings (SSSR count). The number of aliphatic imine (C=N–C) groups is 1. The summed E-state index contributed by atoms with van der Waals surface area (Å²) in [6, 6.07) is 13.9. The van der Waals surface area contributed by atoms with E-state index in [1.165, 1.54) is 11.1 Å². The topological polar surface area (TPSA) is 94.3 Å². The van der Waals surface area contributed by atoms with Crippen LogP contribution in [0.15, 0.2) is 64.8 Å². The van der Waals surface area contributed by atoms with E-state index in [1.54, 1.807) is 26.0 Å². The zero-order valence-corrected chi connectivity index (χ0v) is 19.7. The largest absolute Gasteiger partial charge is 0.411 e. The smallest absolute Gasteiger partial charge is 0.251 e. The molecular weight excluding hydrogens is 414 g/mol. The number of hydrogen-bond acceptors (Lipinski definition) is 5. The molecule has 0 saturated carbocycles. The van der Waals surface area contributed by atoms with Crippen molar-refractivity contribution in [2.75, 3.05) is 13.2 Å². The Morgan fingerprint density at radius 2 is 1.97 bits per heavy atom. The Hall–Kier alpha value is -3.25. The first kappa shape index (κ1) is 24.4. The SMILES string of the molecule is C/C(CC(c1ccc(C(=O)NC(C)(C)CO)cc1)c1c(C)cccc1C1C=CC=NC1)=N\O.